The molecule has 0 N–H and O–H groups in total. The maximum Gasteiger partial charge on any atom is 0.246 e. The number of rotatable bonds is 8. The van der Waals surface area contributed by atoms with Gasteiger partial charge in [0.25, 0.3) is 0 Å². The largest absolute Gasteiger partial charge is 0.495 e. The summed E-state index contributed by atoms with van der Waals surface area (Å²) in [5.41, 5.74) is 3.03. The number of methoxy groups -OCH3 is 1. The number of hydrogen-bond donors (Lipinski definition) is 0. The van der Waals surface area contributed by atoms with Gasteiger partial charge in [0.1, 0.15) is 5.75 Å². The number of hydrogen-bond acceptors (Lipinski definition) is 5. The second-order valence-electron chi connectivity index (χ2n) is 10.4. The van der Waals surface area contributed by atoms with Crippen molar-refractivity contribution in [2.75, 3.05) is 51.3 Å². The van der Waals surface area contributed by atoms with Crippen LogP contribution in [0.5, 0.6) is 5.75 Å². The quantitative estimate of drug-likeness (QED) is 0.374. The second kappa shape index (κ2) is 12.7. The molecule has 8 heteroatoms. The Morgan fingerprint density at radius 1 is 0.875 bits per heavy atom. The molecule has 0 atom stereocenters. The first-order chi connectivity index (χ1) is 19.4. The number of piperazine rings is 1. The number of ether oxygens (including phenoxy) is 1. The molecule has 0 saturated carbocycles. The van der Waals surface area contributed by atoms with Gasteiger partial charge in [-0.15, -0.1) is 0 Å². The molecule has 0 aromatic heterocycles. The number of nitrogens with zero attached hydrogens (tertiary/aromatic N) is 3. The summed E-state index contributed by atoms with van der Waals surface area (Å²) < 4.78 is 34.5. The monoisotopic (exact) mass is 559 g/mol. The van der Waals surface area contributed by atoms with Crippen molar-refractivity contribution < 1.29 is 17.9 Å². The van der Waals surface area contributed by atoms with Gasteiger partial charge in [0.2, 0.25) is 15.9 Å². The van der Waals surface area contributed by atoms with Gasteiger partial charge in [0, 0.05) is 45.3 Å². The smallest absolute Gasteiger partial charge is 0.246 e. The van der Waals surface area contributed by atoms with Crippen molar-refractivity contribution >= 4 is 27.7 Å². The summed E-state index contributed by atoms with van der Waals surface area (Å²) in [6.07, 6.45) is 6.13. The molecule has 0 radical (unpaired) electrons. The molecule has 3 aromatic rings. The van der Waals surface area contributed by atoms with Gasteiger partial charge in [-0.2, -0.15) is 4.31 Å². The van der Waals surface area contributed by atoms with E-state index in [0.29, 0.717) is 50.9 Å². The van der Waals surface area contributed by atoms with E-state index in [1.54, 1.807) is 35.7 Å². The van der Waals surface area contributed by atoms with Crippen LogP contribution in [-0.4, -0.2) is 69.9 Å². The minimum atomic E-state index is -3.62. The zero-order chi connectivity index (χ0) is 28.0. The molecular weight excluding hydrogens is 522 g/mol. The Morgan fingerprint density at radius 3 is 2.17 bits per heavy atom. The van der Waals surface area contributed by atoms with Crippen LogP contribution in [0.3, 0.4) is 0 Å². The summed E-state index contributed by atoms with van der Waals surface area (Å²) in [6.45, 7) is 3.34. The van der Waals surface area contributed by atoms with Crippen molar-refractivity contribution in [3.8, 4) is 5.75 Å². The predicted molar refractivity (Wildman–Crippen MR) is 159 cm³/mol. The summed E-state index contributed by atoms with van der Waals surface area (Å²) in [7, 11) is -2.03. The van der Waals surface area contributed by atoms with Crippen molar-refractivity contribution in [2.24, 2.45) is 5.92 Å². The minimum absolute atomic E-state index is 0.0255. The van der Waals surface area contributed by atoms with E-state index in [-0.39, 0.29) is 10.8 Å². The molecule has 2 heterocycles. The van der Waals surface area contributed by atoms with E-state index in [4.69, 9.17) is 4.74 Å². The molecule has 2 saturated heterocycles. The van der Waals surface area contributed by atoms with Crippen LogP contribution in [0.15, 0.2) is 89.8 Å². The number of anilines is 1. The lowest BCUT2D eigenvalue weighted by Crippen LogP contribution is -2.48. The van der Waals surface area contributed by atoms with Gasteiger partial charge >= 0.3 is 0 Å². The normalized spacial score (nSPS) is 17.3. The fourth-order valence-corrected chi connectivity index (χ4v) is 7.02. The topological polar surface area (TPSA) is 70.2 Å². The lowest BCUT2D eigenvalue weighted by atomic mass is 9.91. The van der Waals surface area contributed by atoms with Crippen LogP contribution in [0.2, 0.25) is 0 Å². The third kappa shape index (κ3) is 6.57. The van der Waals surface area contributed by atoms with Gasteiger partial charge < -0.3 is 14.5 Å². The molecule has 7 nitrogen and oxygen atoms in total. The molecule has 0 unspecified atom stereocenters. The van der Waals surface area contributed by atoms with Gasteiger partial charge in [0.15, 0.2) is 0 Å². The zero-order valence-electron chi connectivity index (χ0n) is 23.0. The number of sulfonamides is 1. The van der Waals surface area contributed by atoms with Crippen LogP contribution >= 0.6 is 0 Å². The molecule has 5 rings (SSSR count). The fourth-order valence-electron chi connectivity index (χ4n) is 5.53. The van der Waals surface area contributed by atoms with Crippen molar-refractivity contribution in [1.29, 1.82) is 0 Å². The van der Waals surface area contributed by atoms with Crippen molar-refractivity contribution in [3.63, 3.8) is 0 Å². The first-order valence-corrected chi connectivity index (χ1v) is 15.4. The number of amides is 1. The van der Waals surface area contributed by atoms with Gasteiger partial charge in [-0.1, -0.05) is 60.7 Å². The summed E-state index contributed by atoms with van der Waals surface area (Å²) >= 11 is 0. The molecule has 0 bridgehead atoms. The van der Waals surface area contributed by atoms with Crippen LogP contribution in [0, 0.1) is 5.92 Å². The average molecular weight is 560 g/mol. The first-order valence-electron chi connectivity index (χ1n) is 13.9. The third-order valence-electron chi connectivity index (χ3n) is 7.88. The van der Waals surface area contributed by atoms with Crippen molar-refractivity contribution in [3.05, 3.63) is 96.1 Å². The van der Waals surface area contributed by atoms with E-state index in [1.165, 1.54) is 5.56 Å². The fraction of sp³-hybridized carbons (Fsp3) is 0.344. The van der Waals surface area contributed by atoms with Gasteiger partial charge in [-0.25, -0.2) is 8.42 Å². The van der Waals surface area contributed by atoms with Gasteiger partial charge in [-0.05, 0) is 60.6 Å². The average Bonchev–Trinajstić information content (AvgIpc) is 3.01. The van der Waals surface area contributed by atoms with Crippen LogP contribution in [-0.2, 0) is 21.2 Å². The standard InChI is InChI=1S/C32H37N3O4S/c1-39-31-14-13-29(40(37,38)35-18-16-28(17-19-35)24-27-10-6-3-7-11-27)25-30(31)33-20-22-34(23-21-33)32(36)15-12-26-8-4-2-5-9-26/h2-15,25,28H,16-24H2,1H3. The highest BCUT2D eigenvalue weighted by atomic mass is 32.2. The molecule has 2 aliphatic rings. The Balaban J connectivity index is 1.22. The van der Waals surface area contributed by atoms with Crippen LogP contribution in [0.25, 0.3) is 6.08 Å². The van der Waals surface area contributed by atoms with Crippen LogP contribution < -0.4 is 9.64 Å². The maximum absolute atomic E-state index is 13.6. The number of carbonyl (C=O) groups excluding carboxylic acids is 1. The Kier molecular flexibility index (Phi) is 8.87. The minimum Gasteiger partial charge on any atom is -0.495 e. The molecule has 210 valence electrons. The summed E-state index contributed by atoms with van der Waals surface area (Å²) in [5, 5.41) is 0. The lowest BCUT2D eigenvalue weighted by molar-refractivity contribution is -0.126. The molecule has 0 spiro atoms. The van der Waals surface area contributed by atoms with Crippen molar-refractivity contribution in [2.45, 2.75) is 24.2 Å². The maximum atomic E-state index is 13.6. The molecule has 2 fully saturated rings. The van der Waals surface area contributed by atoms with Crippen LogP contribution in [0.4, 0.5) is 5.69 Å². The van der Waals surface area contributed by atoms with E-state index in [9.17, 15) is 13.2 Å². The van der Waals surface area contributed by atoms with E-state index < -0.39 is 10.0 Å². The lowest BCUT2D eigenvalue weighted by Gasteiger charge is -2.36. The van der Waals surface area contributed by atoms with Crippen LogP contribution in [0.1, 0.15) is 24.0 Å². The Labute approximate surface area is 237 Å². The number of carbonyl (C=O) groups is 1. The summed E-state index contributed by atoms with van der Waals surface area (Å²) in [6, 6.07) is 25.3. The molecule has 40 heavy (non-hydrogen) atoms. The Hall–Kier alpha value is -3.62. The Morgan fingerprint density at radius 2 is 1.52 bits per heavy atom. The molecule has 1 amide bonds. The predicted octanol–water partition coefficient (Wildman–Crippen LogP) is 4.70. The SMILES string of the molecule is COc1ccc(S(=O)(=O)N2CCC(Cc3ccccc3)CC2)cc1N1CCN(C(=O)C=Cc2ccccc2)CC1. The highest BCUT2D eigenvalue weighted by Crippen LogP contribution is 2.34. The number of benzene rings is 3. The van der Waals surface area contributed by atoms with E-state index in [2.05, 4.69) is 29.2 Å². The number of piperidine rings is 1. The summed E-state index contributed by atoms with van der Waals surface area (Å²) in [4.78, 5) is 16.9. The van der Waals surface area contributed by atoms with Gasteiger partial charge in [-0.3, -0.25) is 4.79 Å². The van der Waals surface area contributed by atoms with E-state index in [1.807, 2.05) is 47.4 Å². The molecule has 0 aliphatic carbocycles. The zero-order valence-corrected chi connectivity index (χ0v) is 23.8. The van der Waals surface area contributed by atoms with Gasteiger partial charge in [0.05, 0.1) is 17.7 Å². The molecule has 3 aromatic carbocycles. The van der Waals surface area contributed by atoms with E-state index >= 15 is 0 Å². The van der Waals surface area contributed by atoms with Crippen molar-refractivity contribution in [1.82, 2.24) is 9.21 Å². The highest BCUT2D eigenvalue weighted by molar-refractivity contribution is 7.89. The second-order valence-corrected chi connectivity index (χ2v) is 12.4. The third-order valence-corrected chi connectivity index (χ3v) is 9.77. The molecular formula is C32H37N3O4S. The highest BCUT2D eigenvalue weighted by Gasteiger charge is 2.31. The first kappa shape index (κ1) is 27.9. The summed E-state index contributed by atoms with van der Waals surface area (Å²) in [5.74, 6) is 1.09. The molecule has 2 aliphatic heterocycles. The van der Waals surface area contributed by atoms with E-state index in [0.717, 1.165) is 30.5 Å². The Bertz CT molecular complexity index is 1410.